The summed E-state index contributed by atoms with van der Waals surface area (Å²) >= 11 is 12.4. The standard InChI is InChI=1S/C21H22Cl2N4O3/c1-12(28)26-21-16(22)7-13(8-17(21)23)9-19(24)27-20(29)11-18(25-2)14-5-4-6-15(10-14)30-3/h4-8,10H,9,11H2,1-3H3,(H,26,28)(H2,24,27,29)/b25-18+. The molecule has 0 heterocycles. The highest BCUT2D eigenvalue weighted by Crippen LogP contribution is 2.32. The maximum atomic E-state index is 12.4. The van der Waals surface area contributed by atoms with Crippen LogP contribution >= 0.6 is 23.2 Å². The molecule has 0 spiro atoms. The third-order valence-corrected chi connectivity index (χ3v) is 4.64. The molecule has 0 aliphatic heterocycles. The Morgan fingerprint density at radius 1 is 1.17 bits per heavy atom. The molecule has 0 saturated carbocycles. The zero-order valence-corrected chi connectivity index (χ0v) is 18.3. The van der Waals surface area contributed by atoms with Crippen LogP contribution in [-0.4, -0.2) is 37.5 Å². The molecule has 2 amide bonds. The topological polar surface area (TPSA) is 106 Å². The summed E-state index contributed by atoms with van der Waals surface area (Å²) in [4.78, 5) is 31.7. The molecule has 0 saturated heterocycles. The van der Waals surface area contributed by atoms with Gasteiger partial charge in [-0.1, -0.05) is 35.3 Å². The largest absolute Gasteiger partial charge is 0.497 e. The van der Waals surface area contributed by atoms with Crippen molar-refractivity contribution in [3.8, 4) is 5.75 Å². The van der Waals surface area contributed by atoms with Crippen molar-refractivity contribution in [1.29, 1.82) is 0 Å². The molecule has 0 atom stereocenters. The van der Waals surface area contributed by atoms with E-state index in [0.29, 0.717) is 22.7 Å². The van der Waals surface area contributed by atoms with Gasteiger partial charge in [-0.2, -0.15) is 0 Å². The van der Waals surface area contributed by atoms with Crippen LogP contribution in [0.15, 0.2) is 46.4 Å². The molecule has 0 fully saturated rings. The lowest BCUT2D eigenvalue weighted by atomic mass is 10.1. The summed E-state index contributed by atoms with van der Waals surface area (Å²) in [5.74, 6) is 0.0618. The minimum atomic E-state index is -0.428. The summed E-state index contributed by atoms with van der Waals surface area (Å²) in [6.45, 7) is 1.36. The van der Waals surface area contributed by atoms with Crippen LogP contribution in [0.4, 0.5) is 5.69 Å². The van der Waals surface area contributed by atoms with E-state index in [2.05, 4.69) is 15.3 Å². The number of methoxy groups -OCH3 is 1. The molecule has 30 heavy (non-hydrogen) atoms. The zero-order valence-electron chi connectivity index (χ0n) is 16.8. The number of nitrogens with two attached hydrogens (primary N) is 1. The van der Waals surface area contributed by atoms with Crippen LogP contribution in [0.3, 0.4) is 0 Å². The lowest BCUT2D eigenvalue weighted by Crippen LogP contribution is -2.19. The highest BCUT2D eigenvalue weighted by atomic mass is 35.5. The number of nitrogens with one attached hydrogen (secondary N) is 1. The number of nitrogens with zero attached hydrogens (tertiary/aromatic N) is 2. The van der Waals surface area contributed by atoms with Crippen molar-refractivity contribution >= 4 is 52.3 Å². The monoisotopic (exact) mass is 448 g/mol. The number of amidine groups is 1. The molecular weight excluding hydrogens is 427 g/mol. The van der Waals surface area contributed by atoms with Crippen LogP contribution in [0.5, 0.6) is 5.75 Å². The SMILES string of the molecule is C/N=C(\CC(=O)/N=C(\N)Cc1cc(Cl)c(NC(C)=O)c(Cl)c1)c1cccc(OC)c1. The van der Waals surface area contributed by atoms with Crippen LogP contribution in [0.25, 0.3) is 0 Å². The molecule has 2 aromatic carbocycles. The molecule has 7 nitrogen and oxygen atoms in total. The predicted octanol–water partition coefficient (Wildman–Crippen LogP) is 3.90. The minimum absolute atomic E-state index is 0.00660. The fraction of sp³-hybridized carbons (Fsp3) is 0.238. The number of rotatable bonds is 7. The van der Waals surface area contributed by atoms with Gasteiger partial charge in [0.25, 0.3) is 5.91 Å². The van der Waals surface area contributed by atoms with E-state index < -0.39 is 5.91 Å². The van der Waals surface area contributed by atoms with Crippen molar-refractivity contribution in [1.82, 2.24) is 0 Å². The van der Waals surface area contributed by atoms with Crippen LogP contribution in [-0.2, 0) is 16.0 Å². The molecule has 2 aromatic rings. The molecule has 3 N–H and O–H groups in total. The number of carbonyl (C=O) groups is 2. The molecule has 0 aromatic heterocycles. The molecule has 158 valence electrons. The maximum Gasteiger partial charge on any atom is 0.253 e. The van der Waals surface area contributed by atoms with Gasteiger partial charge in [-0.05, 0) is 35.4 Å². The van der Waals surface area contributed by atoms with Crippen molar-refractivity contribution < 1.29 is 14.3 Å². The highest BCUT2D eigenvalue weighted by molar-refractivity contribution is 6.39. The fourth-order valence-electron chi connectivity index (χ4n) is 2.73. The number of benzene rings is 2. The number of hydrogen-bond acceptors (Lipinski definition) is 4. The van der Waals surface area contributed by atoms with Crippen molar-refractivity contribution in [3.63, 3.8) is 0 Å². The van der Waals surface area contributed by atoms with Crippen molar-refractivity contribution in [3.05, 3.63) is 57.6 Å². The first kappa shape index (κ1) is 23.4. The van der Waals surface area contributed by atoms with Gasteiger partial charge in [0.2, 0.25) is 5.91 Å². The summed E-state index contributed by atoms with van der Waals surface area (Å²) in [5.41, 5.74) is 8.26. The Morgan fingerprint density at radius 3 is 2.40 bits per heavy atom. The molecule has 9 heteroatoms. The highest BCUT2D eigenvalue weighted by Gasteiger charge is 2.13. The number of anilines is 1. The Balaban J connectivity index is 2.11. The number of hydrogen-bond donors (Lipinski definition) is 2. The number of amides is 2. The third kappa shape index (κ3) is 6.57. The quantitative estimate of drug-likeness (QED) is 0.494. The average Bonchev–Trinajstić information content (AvgIpc) is 2.68. The Kier molecular flexibility index (Phi) is 8.38. The van der Waals surface area contributed by atoms with Gasteiger partial charge in [0.1, 0.15) is 11.6 Å². The number of halogens is 2. The number of ether oxygens (including phenoxy) is 1. The second-order valence-electron chi connectivity index (χ2n) is 6.37. The van der Waals surface area contributed by atoms with Gasteiger partial charge in [-0.3, -0.25) is 14.6 Å². The second kappa shape index (κ2) is 10.8. The lowest BCUT2D eigenvalue weighted by Gasteiger charge is -2.10. The van der Waals surface area contributed by atoms with Gasteiger partial charge >= 0.3 is 0 Å². The Morgan fingerprint density at radius 2 is 1.83 bits per heavy atom. The first-order valence-corrected chi connectivity index (χ1v) is 9.70. The number of aliphatic imine (C=N–C) groups is 2. The van der Waals surface area contributed by atoms with Crippen LogP contribution in [0, 0.1) is 0 Å². The van der Waals surface area contributed by atoms with E-state index in [1.807, 2.05) is 18.2 Å². The molecular formula is C21H22Cl2N4O3. The van der Waals surface area contributed by atoms with Gasteiger partial charge in [-0.25, -0.2) is 4.99 Å². The first-order chi connectivity index (χ1) is 14.2. The molecule has 0 aliphatic rings. The summed E-state index contributed by atoms with van der Waals surface area (Å²) in [6, 6.07) is 10.5. The smallest absolute Gasteiger partial charge is 0.253 e. The third-order valence-electron chi connectivity index (χ3n) is 4.05. The normalized spacial score (nSPS) is 11.9. The molecule has 2 rings (SSSR count). The molecule has 0 unspecified atom stereocenters. The molecule has 0 aliphatic carbocycles. The molecule has 0 bridgehead atoms. The van der Waals surface area contributed by atoms with Crippen molar-refractivity contribution in [2.24, 2.45) is 15.7 Å². The fourth-order valence-corrected chi connectivity index (χ4v) is 3.35. The Labute approximate surface area is 184 Å². The van der Waals surface area contributed by atoms with E-state index in [9.17, 15) is 9.59 Å². The van der Waals surface area contributed by atoms with Gasteiger partial charge in [-0.15, -0.1) is 0 Å². The van der Waals surface area contributed by atoms with Gasteiger partial charge < -0.3 is 15.8 Å². The van der Waals surface area contributed by atoms with Crippen molar-refractivity contribution in [2.45, 2.75) is 19.8 Å². The maximum absolute atomic E-state index is 12.4. The van der Waals surface area contributed by atoms with Gasteiger partial charge in [0, 0.05) is 20.4 Å². The summed E-state index contributed by atoms with van der Waals surface area (Å²) in [6.07, 6.45) is 0.163. The Hall–Kier alpha value is -2.90. The van der Waals surface area contributed by atoms with E-state index in [-0.39, 0.29) is 34.6 Å². The predicted molar refractivity (Wildman–Crippen MR) is 121 cm³/mol. The van der Waals surface area contributed by atoms with Crippen LogP contribution in [0.1, 0.15) is 24.5 Å². The summed E-state index contributed by atoms with van der Waals surface area (Å²) in [5, 5.41) is 3.10. The number of carbonyl (C=O) groups excluding carboxylic acids is 2. The van der Waals surface area contributed by atoms with E-state index in [0.717, 1.165) is 5.56 Å². The van der Waals surface area contributed by atoms with Crippen LogP contribution in [0.2, 0.25) is 10.0 Å². The minimum Gasteiger partial charge on any atom is -0.497 e. The summed E-state index contributed by atoms with van der Waals surface area (Å²) in [7, 11) is 3.18. The average molecular weight is 449 g/mol. The van der Waals surface area contributed by atoms with Crippen LogP contribution < -0.4 is 15.8 Å². The summed E-state index contributed by atoms with van der Waals surface area (Å²) < 4.78 is 5.20. The van der Waals surface area contributed by atoms with E-state index in [1.165, 1.54) is 6.92 Å². The lowest BCUT2D eigenvalue weighted by molar-refractivity contribution is -0.116. The van der Waals surface area contributed by atoms with Gasteiger partial charge in [0.05, 0.1) is 35.0 Å². The Bertz CT molecular complexity index is 996. The first-order valence-electron chi connectivity index (χ1n) is 8.95. The zero-order chi connectivity index (χ0) is 22.3. The van der Waals surface area contributed by atoms with E-state index >= 15 is 0 Å². The molecule has 0 radical (unpaired) electrons. The van der Waals surface area contributed by atoms with Gasteiger partial charge in [0.15, 0.2) is 0 Å². The van der Waals surface area contributed by atoms with Crippen molar-refractivity contribution in [2.75, 3.05) is 19.5 Å². The van der Waals surface area contributed by atoms with E-state index in [4.69, 9.17) is 33.7 Å². The van der Waals surface area contributed by atoms with E-state index in [1.54, 1.807) is 32.4 Å². The second-order valence-corrected chi connectivity index (χ2v) is 7.18.